The molecule has 3 rings (SSSR count). The van der Waals surface area contributed by atoms with E-state index in [0.717, 1.165) is 22.4 Å². The Morgan fingerprint density at radius 3 is 2.23 bits per heavy atom. The van der Waals surface area contributed by atoms with Crippen molar-refractivity contribution in [1.29, 1.82) is 0 Å². The summed E-state index contributed by atoms with van der Waals surface area (Å²) in [6.07, 6.45) is 1.71. The number of H-pyrrole nitrogens is 1. The highest BCUT2D eigenvalue weighted by Crippen LogP contribution is 2.22. The number of benzene rings is 2. The van der Waals surface area contributed by atoms with Crippen molar-refractivity contribution < 1.29 is 9.59 Å². The summed E-state index contributed by atoms with van der Waals surface area (Å²) in [6, 6.07) is 16.6. The van der Waals surface area contributed by atoms with E-state index in [2.05, 4.69) is 41.6 Å². The zero-order chi connectivity index (χ0) is 21.7. The molecule has 0 saturated carbocycles. The van der Waals surface area contributed by atoms with Gasteiger partial charge in [0.1, 0.15) is 6.04 Å². The number of aromatic nitrogens is 2. The van der Waals surface area contributed by atoms with Crippen LogP contribution in [0.1, 0.15) is 49.2 Å². The smallest absolute Gasteiger partial charge is 0.251 e. The van der Waals surface area contributed by atoms with Gasteiger partial charge in [0, 0.05) is 18.3 Å². The van der Waals surface area contributed by atoms with Crippen LogP contribution in [0.2, 0.25) is 0 Å². The Bertz CT molecular complexity index is 985. The van der Waals surface area contributed by atoms with Crippen LogP contribution in [0.15, 0.2) is 60.8 Å². The largest absolute Gasteiger partial charge is 0.350 e. The number of amides is 2. The van der Waals surface area contributed by atoms with E-state index < -0.39 is 6.04 Å². The fourth-order valence-electron chi connectivity index (χ4n) is 3.03. The Morgan fingerprint density at radius 1 is 1.00 bits per heavy atom. The molecule has 1 unspecified atom stereocenters. The van der Waals surface area contributed by atoms with Crippen LogP contribution in [0.4, 0.5) is 0 Å². The summed E-state index contributed by atoms with van der Waals surface area (Å²) in [4.78, 5) is 24.8. The number of rotatable bonds is 6. The molecule has 0 aliphatic rings. The van der Waals surface area contributed by atoms with Crippen molar-refractivity contribution in [2.45, 2.75) is 45.7 Å². The number of aromatic amines is 1. The highest BCUT2D eigenvalue weighted by molar-refractivity contribution is 5.97. The van der Waals surface area contributed by atoms with Gasteiger partial charge >= 0.3 is 0 Å². The first kappa shape index (κ1) is 21.3. The summed E-state index contributed by atoms with van der Waals surface area (Å²) < 4.78 is 0. The fourth-order valence-corrected chi connectivity index (χ4v) is 3.03. The summed E-state index contributed by atoms with van der Waals surface area (Å²) in [6.45, 7) is 8.44. The molecule has 0 fully saturated rings. The van der Waals surface area contributed by atoms with Gasteiger partial charge in [-0.1, -0.05) is 57.2 Å². The normalized spacial score (nSPS) is 12.3. The Hall–Kier alpha value is -3.41. The van der Waals surface area contributed by atoms with Gasteiger partial charge in [-0.3, -0.25) is 14.7 Å². The van der Waals surface area contributed by atoms with Gasteiger partial charge < -0.3 is 10.6 Å². The van der Waals surface area contributed by atoms with E-state index in [1.807, 2.05) is 42.5 Å². The Labute approximate surface area is 177 Å². The number of carbonyl (C=O) groups excluding carboxylic acids is 2. The molecule has 0 radical (unpaired) electrons. The molecule has 6 nitrogen and oxygen atoms in total. The predicted molar refractivity (Wildman–Crippen MR) is 118 cm³/mol. The summed E-state index contributed by atoms with van der Waals surface area (Å²) >= 11 is 0. The molecule has 2 aromatic carbocycles. The second kappa shape index (κ2) is 8.95. The number of hydrogen-bond acceptors (Lipinski definition) is 3. The lowest BCUT2D eigenvalue weighted by Gasteiger charge is -2.19. The van der Waals surface area contributed by atoms with Gasteiger partial charge in [0.25, 0.3) is 5.91 Å². The molecule has 6 heteroatoms. The van der Waals surface area contributed by atoms with E-state index in [9.17, 15) is 9.59 Å². The topological polar surface area (TPSA) is 86.9 Å². The molecular weight excluding hydrogens is 376 g/mol. The van der Waals surface area contributed by atoms with Gasteiger partial charge in [-0.05, 0) is 47.2 Å². The minimum Gasteiger partial charge on any atom is -0.350 e. The highest BCUT2D eigenvalue weighted by atomic mass is 16.2. The Kier molecular flexibility index (Phi) is 6.35. The molecule has 1 atom stereocenters. The molecule has 0 saturated heterocycles. The number of nitrogens with one attached hydrogen (secondary N) is 3. The minimum atomic E-state index is -0.635. The van der Waals surface area contributed by atoms with Crippen LogP contribution in [0.3, 0.4) is 0 Å². The lowest BCUT2D eigenvalue weighted by Crippen LogP contribution is -2.44. The van der Waals surface area contributed by atoms with E-state index in [1.165, 1.54) is 0 Å². The standard InChI is InChI=1S/C24H28N4O2/c1-16(27-23(30)19-9-11-20(12-10-19)24(2,3)4)22(29)25-15-17-5-7-18(8-6-17)21-13-14-26-28-21/h5-14,16H,15H2,1-4H3,(H,25,29)(H,26,28)(H,27,30). The van der Waals surface area contributed by atoms with Crippen LogP contribution in [0, 0.1) is 0 Å². The van der Waals surface area contributed by atoms with Gasteiger partial charge in [0.2, 0.25) is 5.91 Å². The van der Waals surface area contributed by atoms with E-state index in [1.54, 1.807) is 25.3 Å². The van der Waals surface area contributed by atoms with Gasteiger partial charge in [-0.25, -0.2) is 0 Å². The molecule has 0 bridgehead atoms. The van der Waals surface area contributed by atoms with Gasteiger partial charge in [0.15, 0.2) is 0 Å². The van der Waals surface area contributed by atoms with Gasteiger partial charge in [0.05, 0.1) is 5.69 Å². The Morgan fingerprint density at radius 2 is 1.67 bits per heavy atom. The van der Waals surface area contributed by atoms with Crippen LogP contribution >= 0.6 is 0 Å². The van der Waals surface area contributed by atoms with Crippen molar-refractivity contribution in [2.75, 3.05) is 0 Å². The summed E-state index contributed by atoms with van der Waals surface area (Å²) in [7, 11) is 0. The van der Waals surface area contributed by atoms with Crippen molar-refractivity contribution in [2.24, 2.45) is 0 Å². The molecule has 1 aromatic heterocycles. The van der Waals surface area contributed by atoms with Crippen molar-refractivity contribution in [1.82, 2.24) is 20.8 Å². The molecule has 0 aliphatic heterocycles. The number of hydrogen-bond donors (Lipinski definition) is 3. The second-order valence-corrected chi connectivity index (χ2v) is 8.41. The van der Waals surface area contributed by atoms with Crippen molar-refractivity contribution in [3.05, 3.63) is 77.5 Å². The van der Waals surface area contributed by atoms with Crippen molar-refractivity contribution in [3.8, 4) is 11.3 Å². The zero-order valence-corrected chi connectivity index (χ0v) is 17.8. The maximum absolute atomic E-state index is 12.4. The molecule has 0 spiro atoms. The van der Waals surface area contributed by atoms with Crippen LogP contribution in [0.5, 0.6) is 0 Å². The summed E-state index contributed by atoms with van der Waals surface area (Å²) in [5.41, 5.74) is 4.67. The van der Waals surface area contributed by atoms with Crippen molar-refractivity contribution >= 4 is 11.8 Å². The first-order chi connectivity index (χ1) is 14.2. The molecule has 1 heterocycles. The first-order valence-corrected chi connectivity index (χ1v) is 10.0. The molecule has 156 valence electrons. The van der Waals surface area contributed by atoms with Crippen LogP contribution < -0.4 is 10.6 Å². The third-order valence-corrected chi connectivity index (χ3v) is 4.99. The van der Waals surface area contributed by atoms with E-state index in [0.29, 0.717) is 12.1 Å². The third kappa shape index (κ3) is 5.35. The van der Waals surface area contributed by atoms with Gasteiger partial charge in [-0.15, -0.1) is 0 Å². The minimum absolute atomic E-state index is 0.0265. The van der Waals surface area contributed by atoms with E-state index >= 15 is 0 Å². The molecule has 30 heavy (non-hydrogen) atoms. The number of carbonyl (C=O) groups is 2. The quantitative estimate of drug-likeness (QED) is 0.584. The van der Waals surface area contributed by atoms with E-state index in [4.69, 9.17) is 0 Å². The lowest BCUT2D eigenvalue weighted by molar-refractivity contribution is -0.122. The molecular formula is C24H28N4O2. The molecule has 2 amide bonds. The zero-order valence-electron chi connectivity index (χ0n) is 17.8. The second-order valence-electron chi connectivity index (χ2n) is 8.41. The average molecular weight is 405 g/mol. The van der Waals surface area contributed by atoms with Crippen LogP contribution in [-0.4, -0.2) is 28.1 Å². The maximum atomic E-state index is 12.4. The highest BCUT2D eigenvalue weighted by Gasteiger charge is 2.18. The monoisotopic (exact) mass is 404 g/mol. The average Bonchev–Trinajstić information content (AvgIpc) is 3.26. The molecule has 3 N–H and O–H groups in total. The van der Waals surface area contributed by atoms with E-state index in [-0.39, 0.29) is 17.2 Å². The molecule has 0 aliphatic carbocycles. The maximum Gasteiger partial charge on any atom is 0.251 e. The van der Waals surface area contributed by atoms with Crippen molar-refractivity contribution in [3.63, 3.8) is 0 Å². The lowest BCUT2D eigenvalue weighted by atomic mass is 9.86. The fraction of sp³-hybridized carbons (Fsp3) is 0.292. The van der Waals surface area contributed by atoms with Crippen LogP contribution in [-0.2, 0) is 16.8 Å². The number of nitrogens with zero attached hydrogens (tertiary/aromatic N) is 1. The first-order valence-electron chi connectivity index (χ1n) is 10.0. The summed E-state index contributed by atoms with van der Waals surface area (Å²) in [5, 5.41) is 12.5. The van der Waals surface area contributed by atoms with Crippen LogP contribution in [0.25, 0.3) is 11.3 Å². The SMILES string of the molecule is CC(NC(=O)c1ccc(C(C)(C)C)cc1)C(=O)NCc1ccc(-c2ccn[nH]2)cc1. The Balaban J connectivity index is 1.51. The molecule has 3 aromatic rings. The third-order valence-electron chi connectivity index (χ3n) is 4.99. The predicted octanol–water partition coefficient (Wildman–Crippen LogP) is 3.81. The van der Waals surface area contributed by atoms with Gasteiger partial charge in [-0.2, -0.15) is 5.10 Å². The summed E-state index contributed by atoms with van der Waals surface area (Å²) in [5.74, 6) is -0.491.